The first kappa shape index (κ1) is 24.1. The highest BCUT2D eigenvalue weighted by Gasteiger charge is 2.28. The molecule has 1 aliphatic carbocycles. The van der Waals surface area contributed by atoms with Crippen LogP contribution in [0.15, 0.2) is 53.5 Å². The maximum Gasteiger partial charge on any atom is 0.261 e. The molecule has 180 valence electrons. The summed E-state index contributed by atoms with van der Waals surface area (Å²) in [6, 6.07) is 12.4. The number of aryl methyl sites for hydroxylation is 1. The van der Waals surface area contributed by atoms with Crippen LogP contribution in [0.25, 0.3) is 21.9 Å². The van der Waals surface area contributed by atoms with Crippen LogP contribution in [0.4, 0.5) is 4.39 Å². The van der Waals surface area contributed by atoms with Crippen LogP contribution in [0.3, 0.4) is 0 Å². The summed E-state index contributed by atoms with van der Waals surface area (Å²) in [7, 11) is -3.78. The smallest absolute Gasteiger partial charge is 0.261 e. The van der Waals surface area contributed by atoms with E-state index in [1.54, 1.807) is 30.3 Å². The van der Waals surface area contributed by atoms with Gasteiger partial charge >= 0.3 is 0 Å². The molecule has 3 aromatic rings. The van der Waals surface area contributed by atoms with Crippen molar-refractivity contribution in [2.75, 3.05) is 6.26 Å². The number of rotatable bonds is 9. The summed E-state index contributed by atoms with van der Waals surface area (Å²) in [6.45, 7) is 0.589. The summed E-state index contributed by atoms with van der Waals surface area (Å²) in [5.41, 5.74) is 2.95. The van der Waals surface area contributed by atoms with Gasteiger partial charge in [-0.3, -0.25) is 14.8 Å². The predicted octanol–water partition coefficient (Wildman–Crippen LogP) is 2.37. The summed E-state index contributed by atoms with van der Waals surface area (Å²) >= 11 is 0. The summed E-state index contributed by atoms with van der Waals surface area (Å²) in [6.07, 6.45) is 4.55. The second kappa shape index (κ2) is 9.65. The number of benzene rings is 2. The first-order valence-electron chi connectivity index (χ1n) is 11.0. The number of aromatic nitrogens is 1. The summed E-state index contributed by atoms with van der Waals surface area (Å²) in [4.78, 5) is 24.6. The van der Waals surface area contributed by atoms with Gasteiger partial charge in [0.1, 0.15) is 11.1 Å². The number of sulfone groups is 1. The van der Waals surface area contributed by atoms with E-state index in [1.807, 2.05) is 6.07 Å². The minimum Gasteiger partial charge on any atom is -0.315 e. The van der Waals surface area contributed by atoms with Gasteiger partial charge in [-0.15, -0.1) is 0 Å². The van der Waals surface area contributed by atoms with Crippen LogP contribution in [-0.4, -0.2) is 41.6 Å². The molecule has 0 radical (unpaired) electrons. The molecule has 1 saturated carbocycles. The number of carbonyl (C=O) groups excluding carboxylic acids is 1. The standard InChI is InChI=1S/C24H26FN3O5S/c1-34(32,33)22(23(29)27-31)9-11-28-10-8-17-13-16(3-7-20(17)24(28)30)19-6-2-15(12-21(19)25)14-26-18-4-5-18/h2-3,6-8,10,12-13,18,22,26,31H,4-5,9,11,14H2,1H3,(H,27,29)/t22-/m1/s1. The van der Waals surface area contributed by atoms with E-state index >= 15 is 0 Å². The van der Waals surface area contributed by atoms with Gasteiger partial charge in [0.05, 0.1) is 0 Å². The van der Waals surface area contributed by atoms with Gasteiger partial charge in [0.15, 0.2) is 9.84 Å². The van der Waals surface area contributed by atoms with E-state index in [4.69, 9.17) is 5.21 Å². The maximum atomic E-state index is 14.8. The Kier molecular flexibility index (Phi) is 6.83. The van der Waals surface area contributed by atoms with Crippen molar-refractivity contribution in [1.29, 1.82) is 0 Å². The number of carbonyl (C=O) groups is 1. The van der Waals surface area contributed by atoms with E-state index in [2.05, 4.69) is 5.32 Å². The van der Waals surface area contributed by atoms with Crippen molar-refractivity contribution in [3.8, 4) is 11.1 Å². The molecular weight excluding hydrogens is 461 g/mol. The average Bonchev–Trinajstić information content (AvgIpc) is 3.62. The lowest BCUT2D eigenvalue weighted by Gasteiger charge is -2.14. The molecule has 8 nitrogen and oxygen atoms in total. The fraction of sp³-hybridized carbons (Fsp3) is 0.333. The number of amides is 1. The molecule has 3 N–H and O–H groups in total. The average molecular weight is 488 g/mol. The molecule has 1 aromatic heterocycles. The van der Waals surface area contributed by atoms with Crippen LogP contribution in [-0.2, 0) is 27.7 Å². The molecule has 1 fully saturated rings. The minimum absolute atomic E-state index is 0.0351. The number of pyridine rings is 1. The highest BCUT2D eigenvalue weighted by Crippen LogP contribution is 2.27. The molecule has 0 unspecified atom stereocenters. The largest absolute Gasteiger partial charge is 0.315 e. The van der Waals surface area contributed by atoms with Gasteiger partial charge in [0.25, 0.3) is 11.5 Å². The number of hydrogen-bond donors (Lipinski definition) is 3. The summed E-state index contributed by atoms with van der Waals surface area (Å²) < 4.78 is 39.8. The van der Waals surface area contributed by atoms with E-state index in [9.17, 15) is 22.4 Å². The topological polar surface area (TPSA) is 118 Å². The van der Waals surface area contributed by atoms with Crippen molar-refractivity contribution in [2.45, 2.75) is 43.6 Å². The van der Waals surface area contributed by atoms with Gasteiger partial charge in [-0.2, -0.15) is 0 Å². The minimum atomic E-state index is -3.78. The van der Waals surface area contributed by atoms with E-state index in [0.717, 1.165) is 24.7 Å². The third-order valence-electron chi connectivity index (χ3n) is 6.05. The Morgan fingerprint density at radius 2 is 1.97 bits per heavy atom. The lowest BCUT2D eigenvalue weighted by Crippen LogP contribution is -2.39. The second-order valence-corrected chi connectivity index (χ2v) is 10.9. The zero-order chi connectivity index (χ0) is 24.5. The van der Waals surface area contributed by atoms with Crippen LogP contribution in [0, 0.1) is 5.82 Å². The molecular formula is C24H26FN3O5S. The van der Waals surface area contributed by atoms with Crippen molar-refractivity contribution in [3.05, 3.63) is 70.4 Å². The Balaban J connectivity index is 1.56. The zero-order valence-corrected chi connectivity index (χ0v) is 19.4. The van der Waals surface area contributed by atoms with Crippen LogP contribution in [0.1, 0.15) is 24.8 Å². The molecule has 10 heteroatoms. The Bertz CT molecular complexity index is 1400. The molecule has 2 aromatic carbocycles. The highest BCUT2D eigenvalue weighted by molar-refractivity contribution is 7.92. The highest BCUT2D eigenvalue weighted by atomic mass is 32.2. The first-order chi connectivity index (χ1) is 16.2. The Morgan fingerprint density at radius 3 is 2.62 bits per heavy atom. The molecule has 34 heavy (non-hydrogen) atoms. The molecule has 0 bridgehead atoms. The van der Waals surface area contributed by atoms with Crippen LogP contribution < -0.4 is 16.4 Å². The number of nitrogens with one attached hydrogen (secondary N) is 2. The van der Waals surface area contributed by atoms with Gasteiger partial charge in [0.2, 0.25) is 0 Å². The molecule has 1 aliphatic rings. The van der Waals surface area contributed by atoms with Crippen molar-refractivity contribution >= 4 is 26.5 Å². The van der Waals surface area contributed by atoms with Crippen molar-refractivity contribution in [1.82, 2.24) is 15.4 Å². The monoisotopic (exact) mass is 487 g/mol. The van der Waals surface area contributed by atoms with Gasteiger partial charge < -0.3 is 9.88 Å². The molecule has 0 spiro atoms. The number of hydroxylamine groups is 1. The summed E-state index contributed by atoms with van der Waals surface area (Å²) in [5.74, 6) is -1.38. The first-order valence-corrected chi connectivity index (χ1v) is 12.9. The maximum absolute atomic E-state index is 14.8. The van der Waals surface area contributed by atoms with Gasteiger partial charge in [-0.05, 0) is 60.0 Å². The predicted molar refractivity (Wildman–Crippen MR) is 127 cm³/mol. The fourth-order valence-electron chi connectivity index (χ4n) is 3.95. The Hall–Kier alpha value is -3.08. The van der Waals surface area contributed by atoms with Crippen molar-refractivity contribution in [2.24, 2.45) is 0 Å². The third kappa shape index (κ3) is 5.35. The fourth-order valence-corrected chi connectivity index (χ4v) is 4.93. The molecule has 1 atom stereocenters. The van der Waals surface area contributed by atoms with Crippen molar-refractivity contribution in [3.63, 3.8) is 0 Å². The molecule has 0 saturated heterocycles. The Morgan fingerprint density at radius 1 is 1.21 bits per heavy atom. The van der Waals surface area contributed by atoms with Crippen LogP contribution in [0.5, 0.6) is 0 Å². The van der Waals surface area contributed by atoms with Crippen LogP contribution in [0.2, 0.25) is 0 Å². The quantitative estimate of drug-likeness (QED) is 0.315. The van der Waals surface area contributed by atoms with E-state index in [0.29, 0.717) is 34.5 Å². The van der Waals surface area contributed by atoms with Crippen molar-refractivity contribution < 1.29 is 22.8 Å². The van der Waals surface area contributed by atoms with Gasteiger partial charge in [-0.25, -0.2) is 18.3 Å². The zero-order valence-electron chi connectivity index (χ0n) is 18.6. The van der Waals surface area contributed by atoms with E-state index < -0.39 is 21.0 Å². The van der Waals surface area contributed by atoms with Gasteiger partial charge in [-0.1, -0.05) is 18.2 Å². The second-order valence-electron chi connectivity index (χ2n) is 8.67. The number of fused-ring (bicyclic) bond motifs is 1. The lowest BCUT2D eigenvalue weighted by molar-refractivity contribution is -0.128. The van der Waals surface area contributed by atoms with E-state index in [-0.39, 0.29) is 24.3 Å². The SMILES string of the molecule is CS(=O)(=O)[C@H](CCn1ccc2cc(-c3ccc(CNC4CC4)cc3F)ccc2c1=O)C(=O)NO. The third-order valence-corrected chi connectivity index (χ3v) is 7.53. The number of halogens is 1. The van der Waals surface area contributed by atoms with E-state index in [1.165, 1.54) is 22.3 Å². The Labute approximate surface area is 196 Å². The molecule has 4 rings (SSSR count). The normalized spacial score (nSPS) is 14.8. The molecule has 1 heterocycles. The van der Waals surface area contributed by atoms with Gasteiger partial charge in [0, 0.05) is 42.5 Å². The molecule has 0 aliphatic heterocycles. The van der Waals surface area contributed by atoms with Crippen LogP contribution >= 0.6 is 0 Å². The number of hydrogen-bond acceptors (Lipinski definition) is 6. The lowest BCUT2D eigenvalue weighted by atomic mass is 10.00. The molecule has 1 amide bonds. The summed E-state index contributed by atoms with van der Waals surface area (Å²) in [5, 5.41) is 11.7. The number of nitrogens with zero attached hydrogens (tertiary/aromatic N) is 1.